The predicted octanol–water partition coefficient (Wildman–Crippen LogP) is 5.56. The molecule has 0 aliphatic heterocycles. The fourth-order valence-electron chi connectivity index (χ4n) is 2.55. The van der Waals surface area contributed by atoms with Gasteiger partial charge in [0.05, 0.1) is 5.56 Å². The zero-order valence-electron chi connectivity index (χ0n) is 13.9. The lowest BCUT2D eigenvalue weighted by Crippen LogP contribution is -1.97. The highest BCUT2D eigenvalue weighted by atomic mass is 35.5. The van der Waals surface area contributed by atoms with Crippen LogP contribution in [0.5, 0.6) is 0 Å². The van der Waals surface area contributed by atoms with Crippen molar-refractivity contribution in [2.24, 2.45) is 0 Å². The standard InChI is InChI=1S/C19H22ClFN2O/c1-2-3-4-5-6-7-8-14-12-22-19(23-13-14)16-10-9-15(18(20)24)11-17(16)21/h9-13H,2-8H2,1H3. The Hall–Kier alpha value is -1.81. The Morgan fingerprint density at radius 3 is 2.38 bits per heavy atom. The van der Waals surface area contributed by atoms with Gasteiger partial charge in [0.2, 0.25) is 0 Å². The van der Waals surface area contributed by atoms with Crippen molar-refractivity contribution in [3.8, 4) is 11.4 Å². The first-order valence-corrected chi connectivity index (χ1v) is 8.80. The average molecular weight is 349 g/mol. The summed E-state index contributed by atoms with van der Waals surface area (Å²) in [5, 5.41) is -0.685. The van der Waals surface area contributed by atoms with Crippen LogP contribution in [0.4, 0.5) is 4.39 Å². The lowest BCUT2D eigenvalue weighted by Gasteiger charge is -2.05. The molecule has 1 heterocycles. The van der Waals surface area contributed by atoms with Crippen LogP contribution < -0.4 is 0 Å². The van der Waals surface area contributed by atoms with E-state index in [-0.39, 0.29) is 11.1 Å². The van der Waals surface area contributed by atoms with E-state index < -0.39 is 11.1 Å². The molecule has 5 heteroatoms. The molecule has 2 rings (SSSR count). The summed E-state index contributed by atoms with van der Waals surface area (Å²) in [7, 11) is 0. The summed E-state index contributed by atoms with van der Waals surface area (Å²) in [6, 6.07) is 4.06. The van der Waals surface area contributed by atoms with E-state index in [0.717, 1.165) is 24.5 Å². The lowest BCUT2D eigenvalue weighted by atomic mass is 10.1. The largest absolute Gasteiger partial charge is 0.276 e. The predicted molar refractivity (Wildman–Crippen MR) is 94.7 cm³/mol. The van der Waals surface area contributed by atoms with Crippen LogP contribution >= 0.6 is 11.6 Å². The number of aryl methyl sites for hydroxylation is 1. The van der Waals surface area contributed by atoms with Crippen molar-refractivity contribution in [1.82, 2.24) is 9.97 Å². The molecule has 0 unspecified atom stereocenters. The molecule has 128 valence electrons. The van der Waals surface area contributed by atoms with Crippen molar-refractivity contribution in [1.29, 1.82) is 0 Å². The summed E-state index contributed by atoms with van der Waals surface area (Å²) < 4.78 is 14.1. The Bertz CT molecular complexity index is 674. The first-order chi connectivity index (χ1) is 11.6. The van der Waals surface area contributed by atoms with Gasteiger partial charge in [-0.25, -0.2) is 14.4 Å². The molecular formula is C19H22ClFN2O. The van der Waals surface area contributed by atoms with Crippen molar-refractivity contribution in [3.63, 3.8) is 0 Å². The maximum Gasteiger partial charge on any atom is 0.252 e. The monoisotopic (exact) mass is 348 g/mol. The van der Waals surface area contributed by atoms with Crippen LogP contribution in [0.1, 0.15) is 61.4 Å². The average Bonchev–Trinajstić information content (AvgIpc) is 2.58. The van der Waals surface area contributed by atoms with Crippen LogP contribution in [0.25, 0.3) is 11.4 Å². The topological polar surface area (TPSA) is 42.9 Å². The SMILES string of the molecule is CCCCCCCCc1cnc(-c2ccc(C(=O)Cl)cc2F)nc1. The van der Waals surface area contributed by atoms with Gasteiger partial charge in [-0.1, -0.05) is 39.0 Å². The third kappa shape index (κ3) is 5.38. The van der Waals surface area contributed by atoms with E-state index in [2.05, 4.69) is 16.9 Å². The zero-order valence-corrected chi connectivity index (χ0v) is 14.7. The maximum atomic E-state index is 14.1. The molecule has 0 bridgehead atoms. The summed E-state index contributed by atoms with van der Waals surface area (Å²) in [5.74, 6) is -0.238. The van der Waals surface area contributed by atoms with Gasteiger partial charge in [0.1, 0.15) is 5.82 Å². The van der Waals surface area contributed by atoms with Gasteiger partial charge in [-0.05, 0) is 48.2 Å². The van der Waals surface area contributed by atoms with Crippen molar-refractivity contribution in [2.75, 3.05) is 0 Å². The van der Waals surface area contributed by atoms with Crippen LogP contribution in [0, 0.1) is 5.82 Å². The maximum absolute atomic E-state index is 14.1. The second-order valence-corrected chi connectivity index (χ2v) is 6.24. The number of unbranched alkanes of at least 4 members (excludes halogenated alkanes) is 5. The van der Waals surface area contributed by atoms with Crippen LogP contribution in [0.2, 0.25) is 0 Å². The molecule has 2 aromatic rings. The quantitative estimate of drug-likeness (QED) is 0.440. The van der Waals surface area contributed by atoms with Gasteiger partial charge in [0, 0.05) is 18.0 Å². The molecule has 0 aliphatic rings. The summed E-state index contributed by atoms with van der Waals surface area (Å²) in [4.78, 5) is 19.5. The molecular weight excluding hydrogens is 327 g/mol. The number of aromatic nitrogens is 2. The molecule has 0 amide bonds. The fourth-order valence-corrected chi connectivity index (χ4v) is 2.67. The number of halogens is 2. The number of carbonyl (C=O) groups is 1. The first kappa shape index (κ1) is 18.5. The van der Waals surface area contributed by atoms with E-state index in [0.29, 0.717) is 5.82 Å². The third-order valence-corrected chi connectivity index (χ3v) is 4.18. The van der Waals surface area contributed by atoms with Crippen molar-refractivity contribution < 1.29 is 9.18 Å². The number of nitrogens with zero attached hydrogens (tertiary/aromatic N) is 2. The van der Waals surface area contributed by atoms with Gasteiger partial charge in [-0.15, -0.1) is 0 Å². The molecule has 0 aliphatic carbocycles. The van der Waals surface area contributed by atoms with E-state index in [4.69, 9.17) is 11.6 Å². The summed E-state index contributed by atoms with van der Waals surface area (Å²) in [6.45, 7) is 2.21. The number of benzene rings is 1. The first-order valence-electron chi connectivity index (χ1n) is 8.42. The summed E-state index contributed by atoms with van der Waals surface area (Å²) in [6.07, 6.45) is 11.9. The number of carbonyl (C=O) groups excluding carboxylic acids is 1. The highest BCUT2D eigenvalue weighted by molar-refractivity contribution is 6.67. The highest BCUT2D eigenvalue weighted by Gasteiger charge is 2.11. The Balaban J connectivity index is 1.93. The van der Waals surface area contributed by atoms with Gasteiger partial charge in [-0.2, -0.15) is 0 Å². The van der Waals surface area contributed by atoms with Crippen LogP contribution in [0.15, 0.2) is 30.6 Å². The Morgan fingerprint density at radius 1 is 1.08 bits per heavy atom. The Labute approximate surface area is 147 Å². The highest BCUT2D eigenvalue weighted by Crippen LogP contribution is 2.21. The second-order valence-electron chi connectivity index (χ2n) is 5.90. The summed E-state index contributed by atoms with van der Waals surface area (Å²) in [5.41, 5.74) is 1.45. The lowest BCUT2D eigenvalue weighted by molar-refractivity contribution is 0.108. The van der Waals surface area contributed by atoms with Gasteiger partial charge in [0.15, 0.2) is 5.82 Å². The van der Waals surface area contributed by atoms with E-state index in [1.54, 1.807) is 12.4 Å². The zero-order chi connectivity index (χ0) is 17.4. The molecule has 0 atom stereocenters. The number of hydrogen-bond acceptors (Lipinski definition) is 3. The normalized spacial score (nSPS) is 10.8. The third-order valence-electron chi connectivity index (χ3n) is 3.96. The fraction of sp³-hybridized carbons (Fsp3) is 0.421. The van der Waals surface area contributed by atoms with E-state index in [1.807, 2.05) is 0 Å². The second kappa shape index (κ2) is 9.48. The number of rotatable bonds is 9. The molecule has 3 nitrogen and oxygen atoms in total. The minimum Gasteiger partial charge on any atom is -0.276 e. The minimum absolute atomic E-state index is 0.123. The van der Waals surface area contributed by atoms with Gasteiger partial charge in [0.25, 0.3) is 5.24 Å². The van der Waals surface area contributed by atoms with Crippen molar-refractivity contribution in [2.45, 2.75) is 51.9 Å². The molecule has 1 aromatic carbocycles. The van der Waals surface area contributed by atoms with E-state index in [1.165, 1.54) is 44.2 Å². The molecule has 0 N–H and O–H groups in total. The molecule has 1 aromatic heterocycles. The Kier molecular flexibility index (Phi) is 7.32. The van der Waals surface area contributed by atoms with Crippen molar-refractivity contribution >= 4 is 16.8 Å². The minimum atomic E-state index is -0.685. The summed E-state index contributed by atoms with van der Waals surface area (Å²) >= 11 is 5.35. The molecule has 0 radical (unpaired) electrons. The molecule has 0 spiro atoms. The molecule has 0 saturated carbocycles. The van der Waals surface area contributed by atoms with E-state index >= 15 is 0 Å². The van der Waals surface area contributed by atoms with Crippen LogP contribution in [-0.4, -0.2) is 15.2 Å². The number of hydrogen-bond donors (Lipinski definition) is 0. The smallest absolute Gasteiger partial charge is 0.252 e. The van der Waals surface area contributed by atoms with Crippen LogP contribution in [-0.2, 0) is 6.42 Å². The van der Waals surface area contributed by atoms with Crippen molar-refractivity contribution in [3.05, 3.63) is 47.5 Å². The van der Waals surface area contributed by atoms with Crippen LogP contribution in [0.3, 0.4) is 0 Å². The molecule has 0 saturated heterocycles. The van der Waals surface area contributed by atoms with Gasteiger partial charge < -0.3 is 0 Å². The van der Waals surface area contributed by atoms with Gasteiger partial charge in [-0.3, -0.25) is 4.79 Å². The molecule has 24 heavy (non-hydrogen) atoms. The van der Waals surface area contributed by atoms with E-state index in [9.17, 15) is 9.18 Å². The Morgan fingerprint density at radius 2 is 1.75 bits per heavy atom. The molecule has 0 fully saturated rings. The van der Waals surface area contributed by atoms with Gasteiger partial charge >= 0.3 is 0 Å².